The van der Waals surface area contributed by atoms with Crippen molar-refractivity contribution in [1.82, 2.24) is 24.5 Å². The summed E-state index contributed by atoms with van der Waals surface area (Å²) < 4.78 is 24.0. The van der Waals surface area contributed by atoms with E-state index in [4.69, 9.17) is 34.0 Å². The van der Waals surface area contributed by atoms with E-state index in [-0.39, 0.29) is 24.7 Å². The Hall–Kier alpha value is -5.06. The lowest BCUT2D eigenvalue weighted by Gasteiger charge is -2.36. The number of fused-ring (bicyclic) bond motifs is 3. The maximum absolute atomic E-state index is 13.1. The molecule has 3 aromatic carbocycles. The van der Waals surface area contributed by atoms with Gasteiger partial charge in [0.1, 0.15) is 29.4 Å². The number of hydrogen-bond donors (Lipinski definition) is 1. The van der Waals surface area contributed by atoms with E-state index in [1.54, 1.807) is 30.7 Å². The lowest BCUT2D eigenvalue weighted by atomic mass is 9.93. The number of hydrogen-bond acceptors (Lipinski definition) is 9. The van der Waals surface area contributed by atoms with Gasteiger partial charge in [0.25, 0.3) is 0 Å². The van der Waals surface area contributed by atoms with Crippen LogP contribution in [0, 0.1) is 0 Å². The molecule has 11 nitrogen and oxygen atoms in total. The quantitative estimate of drug-likeness (QED) is 0.225. The number of anilines is 1. The lowest BCUT2D eigenvalue weighted by molar-refractivity contribution is 0.0668. The highest BCUT2D eigenvalue weighted by molar-refractivity contribution is 5.96. The molecule has 0 saturated carbocycles. The van der Waals surface area contributed by atoms with Gasteiger partial charge >= 0.3 is 6.09 Å². The molecule has 1 saturated heterocycles. The molecule has 2 atom stereocenters. The van der Waals surface area contributed by atoms with Crippen LogP contribution in [0.5, 0.6) is 17.2 Å². The van der Waals surface area contributed by atoms with Gasteiger partial charge in [-0.05, 0) is 49.6 Å². The summed E-state index contributed by atoms with van der Waals surface area (Å²) in [6.07, 6.45) is 1.33. The SMILES string of the molecule is COc1ccc(CNc2nc3c(OC)cccc3c3nc(C4CCC(C)N(C(=O)OCc5ccccc5)C4)nn23)c(OC)c1. The standard InChI is InChI=1S/C33H36N6O5/c1-21-13-14-24(19-38(21)33(40)44-20-22-9-6-5-7-10-22)30-36-31-26-11-8-12-27(42-3)29(26)35-32(39(31)37-30)34-18-23-15-16-25(41-2)17-28(23)43-4/h5-12,15-17,21,24H,13-14,18-20H2,1-4H3,(H,34,35). The Kier molecular flexibility index (Phi) is 8.36. The molecule has 2 unspecified atom stereocenters. The summed E-state index contributed by atoms with van der Waals surface area (Å²) in [7, 11) is 4.88. The van der Waals surface area contributed by atoms with E-state index in [1.807, 2.05) is 66.7 Å². The number of amides is 1. The Bertz CT molecular complexity index is 1780. The molecule has 1 aliphatic rings. The van der Waals surface area contributed by atoms with E-state index < -0.39 is 0 Å². The number of methoxy groups -OCH3 is 3. The van der Waals surface area contributed by atoms with Crippen LogP contribution in [0.1, 0.15) is 42.6 Å². The van der Waals surface area contributed by atoms with Gasteiger partial charge in [-0.3, -0.25) is 0 Å². The van der Waals surface area contributed by atoms with Crippen molar-refractivity contribution < 1.29 is 23.7 Å². The van der Waals surface area contributed by atoms with Crippen molar-refractivity contribution in [2.45, 2.75) is 44.9 Å². The zero-order valence-electron chi connectivity index (χ0n) is 25.3. The molecule has 3 heterocycles. The van der Waals surface area contributed by atoms with Crippen LogP contribution in [0.25, 0.3) is 16.6 Å². The van der Waals surface area contributed by atoms with E-state index in [0.29, 0.717) is 53.3 Å². The van der Waals surface area contributed by atoms with Crippen LogP contribution in [0.4, 0.5) is 10.7 Å². The van der Waals surface area contributed by atoms with Crippen molar-refractivity contribution in [2.24, 2.45) is 0 Å². The van der Waals surface area contributed by atoms with E-state index >= 15 is 0 Å². The molecule has 6 rings (SSSR count). The fraction of sp³-hybridized carbons (Fsp3) is 0.333. The number of likely N-dealkylation sites (tertiary alicyclic amines) is 1. The highest BCUT2D eigenvalue weighted by Gasteiger charge is 2.33. The minimum atomic E-state index is -0.331. The molecule has 228 valence electrons. The molecule has 0 aliphatic carbocycles. The highest BCUT2D eigenvalue weighted by Crippen LogP contribution is 2.33. The van der Waals surface area contributed by atoms with Crippen molar-refractivity contribution in [3.63, 3.8) is 0 Å². The second-order valence-electron chi connectivity index (χ2n) is 10.8. The topological polar surface area (TPSA) is 112 Å². The second-order valence-corrected chi connectivity index (χ2v) is 10.8. The number of benzene rings is 3. The number of para-hydroxylation sites is 1. The summed E-state index contributed by atoms with van der Waals surface area (Å²) in [6, 6.07) is 21.2. The maximum Gasteiger partial charge on any atom is 0.410 e. The predicted octanol–water partition coefficient (Wildman–Crippen LogP) is 5.82. The maximum atomic E-state index is 13.1. The molecule has 1 aliphatic heterocycles. The smallest absolute Gasteiger partial charge is 0.410 e. The number of rotatable bonds is 9. The predicted molar refractivity (Wildman–Crippen MR) is 166 cm³/mol. The Labute approximate surface area is 255 Å². The number of carbonyl (C=O) groups is 1. The van der Waals surface area contributed by atoms with Crippen LogP contribution in [0.2, 0.25) is 0 Å². The van der Waals surface area contributed by atoms with Gasteiger partial charge in [0.2, 0.25) is 5.95 Å². The molecule has 1 N–H and O–H groups in total. The number of ether oxygens (including phenoxy) is 4. The molecule has 2 aromatic heterocycles. The van der Waals surface area contributed by atoms with E-state index in [9.17, 15) is 4.79 Å². The summed E-state index contributed by atoms with van der Waals surface area (Å²) in [4.78, 5) is 24.9. The Morgan fingerprint density at radius 2 is 1.75 bits per heavy atom. The molecule has 0 spiro atoms. The fourth-order valence-electron chi connectivity index (χ4n) is 5.62. The third-order valence-electron chi connectivity index (χ3n) is 8.12. The first-order chi connectivity index (χ1) is 21.5. The van der Waals surface area contributed by atoms with Crippen molar-refractivity contribution in [3.8, 4) is 17.2 Å². The molecule has 11 heteroatoms. The van der Waals surface area contributed by atoms with Crippen molar-refractivity contribution >= 4 is 28.6 Å². The minimum Gasteiger partial charge on any atom is -0.497 e. The van der Waals surface area contributed by atoms with E-state index in [2.05, 4.69) is 12.2 Å². The molecule has 5 aromatic rings. The highest BCUT2D eigenvalue weighted by atomic mass is 16.6. The summed E-state index contributed by atoms with van der Waals surface area (Å²) in [5.41, 5.74) is 3.21. The van der Waals surface area contributed by atoms with Gasteiger partial charge in [0.05, 0.1) is 21.3 Å². The van der Waals surface area contributed by atoms with E-state index in [1.165, 1.54) is 0 Å². The first-order valence-electron chi connectivity index (χ1n) is 14.6. The Morgan fingerprint density at radius 3 is 2.52 bits per heavy atom. The summed E-state index contributed by atoms with van der Waals surface area (Å²) in [5, 5.41) is 9.20. The first-order valence-corrected chi connectivity index (χ1v) is 14.6. The molecular weight excluding hydrogens is 560 g/mol. The van der Waals surface area contributed by atoms with Crippen LogP contribution in [0.3, 0.4) is 0 Å². The molecule has 0 radical (unpaired) electrons. The molecule has 1 amide bonds. The number of piperidine rings is 1. The average Bonchev–Trinajstić information content (AvgIpc) is 3.52. The van der Waals surface area contributed by atoms with Crippen LogP contribution in [-0.4, -0.2) is 64.5 Å². The molecular formula is C33H36N6O5. The molecule has 0 bridgehead atoms. The number of carbonyl (C=O) groups excluding carboxylic acids is 1. The van der Waals surface area contributed by atoms with E-state index in [0.717, 1.165) is 29.4 Å². The van der Waals surface area contributed by atoms with Crippen molar-refractivity contribution in [1.29, 1.82) is 0 Å². The van der Waals surface area contributed by atoms with Gasteiger partial charge in [-0.2, -0.15) is 4.52 Å². The van der Waals surface area contributed by atoms with Gasteiger partial charge in [-0.1, -0.05) is 36.4 Å². The Morgan fingerprint density at radius 1 is 0.932 bits per heavy atom. The lowest BCUT2D eigenvalue weighted by Crippen LogP contribution is -2.45. The van der Waals surface area contributed by atoms with Crippen LogP contribution in [0.15, 0.2) is 66.7 Å². The van der Waals surface area contributed by atoms with Gasteiger partial charge in [0, 0.05) is 42.1 Å². The number of nitrogens with one attached hydrogen (secondary N) is 1. The summed E-state index contributed by atoms with van der Waals surface area (Å²) in [5.74, 6) is 3.14. The van der Waals surface area contributed by atoms with Crippen LogP contribution >= 0.6 is 0 Å². The molecule has 44 heavy (non-hydrogen) atoms. The van der Waals surface area contributed by atoms with Crippen LogP contribution in [-0.2, 0) is 17.9 Å². The largest absolute Gasteiger partial charge is 0.497 e. The molecule has 1 fully saturated rings. The fourth-order valence-corrected chi connectivity index (χ4v) is 5.62. The summed E-state index contributed by atoms with van der Waals surface area (Å²) >= 11 is 0. The zero-order valence-corrected chi connectivity index (χ0v) is 25.3. The van der Waals surface area contributed by atoms with Crippen molar-refractivity contribution in [3.05, 3.63) is 83.7 Å². The second kappa shape index (κ2) is 12.7. The monoisotopic (exact) mass is 596 g/mol. The van der Waals surface area contributed by atoms with Gasteiger partial charge in [-0.15, -0.1) is 5.10 Å². The third kappa shape index (κ3) is 5.77. The average molecular weight is 597 g/mol. The third-order valence-corrected chi connectivity index (χ3v) is 8.12. The number of nitrogens with zero attached hydrogens (tertiary/aromatic N) is 5. The van der Waals surface area contributed by atoms with Gasteiger partial charge in [-0.25, -0.2) is 14.8 Å². The van der Waals surface area contributed by atoms with Crippen molar-refractivity contribution in [2.75, 3.05) is 33.2 Å². The van der Waals surface area contributed by atoms with Gasteiger partial charge < -0.3 is 29.2 Å². The minimum absolute atomic E-state index is 0.0509. The zero-order chi connectivity index (χ0) is 30.6. The van der Waals surface area contributed by atoms with Crippen LogP contribution < -0.4 is 19.5 Å². The van der Waals surface area contributed by atoms with Gasteiger partial charge in [0.15, 0.2) is 11.5 Å². The summed E-state index contributed by atoms with van der Waals surface area (Å²) in [6.45, 7) is 3.17. The first kappa shape index (κ1) is 29.0. The Balaban J connectivity index is 1.31. The number of aromatic nitrogens is 4. The normalized spacial score (nSPS) is 16.6.